The molecule has 0 aliphatic heterocycles. The normalized spacial score (nSPS) is 14.3. The highest BCUT2D eigenvalue weighted by Gasteiger charge is 2.40. The molecule has 754 valence electrons. The largest absolute Gasteiger partial charge is 0.351 e. The number of ether oxygens (including phenoxy) is 8. The highest BCUT2D eigenvalue weighted by atomic mass is 16.7. The fourth-order valence-corrected chi connectivity index (χ4v) is 13.9. The van der Waals surface area contributed by atoms with Gasteiger partial charge in [-0.25, -0.2) is 0 Å². The van der Waals surface area contributed by atoms with Gasteiger partial charge in [0.2, 0.25) is 0 Å². The quantitative estimate of drug-likeness (QED) is 0.0405. The lowest BCUT2D eigenvalue weighted by Gasteiger charge is -2.41. The Hall–Kier alpha value is -3.95. The van der Waals surface area contributed by atoms with E-state index in [1.165, 1.54) is 25.7 Å². The van der Waals surface area contributed by atoms with Crippen LogP contribution in [0.15, 0.2) is 0 Å². The van der Waals surface area contributed by atoms with Crippen LogP contribution in [0.1, 0.15) is 484 Å². The standard InChI is InChI=1S/C23H42O4.C23H44O4.C22H40O4.C20H38O4.C11H20O2.C10H20O/c1-19(2)11-9-17-26-23(15-6-5-7-16-23)27-18-10-13-21(24)12-8-14-22(25)20(3)4;1-18(2)12-10-16-26-23(8,22(5,6)7)27-17-11-14-20(24)13-9-15-21(25)19(3)4;1-18(2)10-8-16-25-22(14-5-6-15-22)26-17-9-12-20(23)11-7-13-21(24)19(3)4;1-16(2)10-8-14-23-20(5,6)24-15-9-12-18(21)11-7-13-19(22)17(3)4;1-8(2)10(12)6-5-7-11(13)9(3)4;1-8(2)6-5-7-10(11)9(3)4/h19-20H,5-18H2,1-4H3;18-19H,9-17H2,1-8H3;18-19H,5-17H2,1-4H3;16-17H,7-15H2,1-6H3;8-9H,5-7H2,1-4H3;8-9H,5-7H2,1-4H3. The summed E-state index contributed by atoms with van der Waals surface area (Å²) in [6.45, 7) is 66.2. The van der Waals surface area contributed by atoms with Crippen molar-refractivity contribution in [3.05, 3.63) is 0 Å². The molecular weight excluding hydrogens is 1610 g/mol. The molecule has 0 aromatic rings. The van der Waals surface area contributed by atoms with Crippen LogP contribution in [0.4, 0.5) is 0 Å². The SMILES string of the molecule is CC(C)C(=O)CCCC(=O)C(C)C.CC(C)CCCC(=O)C(C)C.CC(C)CCCOC(C)(C)OCCCC(=O)CCCC(=O)C(C)C.CC(C)CCCOC(C)(OCCCC(=O)CCCC(=O)C(C)C)C(C)(C)C.CC(C)CCCOC1(OCCCC(=O)CCCC(=O)C(C)C)CCCC1.CC(C)CCCOC1(OCCCC(=O)CCCC(=O)C(C)C)CCCCC1. The Morgan fingerprint density at radius 3 is 0.641 bits per heavy atom. The predicted molar refractivity (Wildman–Crippen MR) is 527 cm³/mol. The minimum absolute atomic E-state index is 0.0594. The first-order valence-electron chi connectivity index (χ1n) is 51.6. The van der Waals surface area contributed by atoms with Gasteiger partial charge in [0, 0.05) is 169 Å². The summed E-state index contributed by atoms with van der Waals surface area (Å²) in [7, 11) is 0. The summed E-state index contributed by atoms with van der Waals surface area (Å²) in [6, 6.07) is 0. The average Bonchev–Trinajstić information content (AvgIpc) is 0.854. The minimum Gasteiger partial charge on any atom is -0.351 e. The van der Waals surface area contributed by atoms with Gasteiger partial charge in [-0.05, 0) is 192 Å². The van der Waals surface area contributed by atoms with Gasteiger partial charge in [0.25, 0.3) is 0 Å². The second-order valence-electron chi connectivity index (χ2n) is 42.6. The fourth-order valence-electron chi connectivity index (χ4n) is 13.9. The summed E-state index contributed by atoms with van der Waals surface area (Å²) in [5, 5.41) is 0. The highest BCUT2D eigenvalue weighted by molar-refractivity contribution is 5.85. The van der Waals surface area contributed by atoms with Gasteiger partial charge in [-0.2, -0.15) is 0 Å². The van der Waals surface area contributed by atoms with Crippen LogP contribution in [0.5, 0.6) is 0 Å². The van der Waals surface area contributed by atoms with Gasteiger partial charge >= 0.3 is 0 Å². The Morgan fingerprint density at radius 2 is 0.398 bits per heavy atom. The lowest BCUT2D eigenvalue weighted by molar-refractivity contribution is -0.278. The third-order valence-corrected chi connectivity index (χ3v) is 23.6. The van der Waals surface area contributed by atoms with Crippen LogP contribution in [-0.2, 0) is 90.6 Å². The summed E-state index contributed by atoms with van der Waals surface area (Å²) in [5.41, 5.74) is -0.147. The number of rotatable bonds is 71. The zero-order valence-corrected chi connectivity index (χ0v) is 88.7. The summed E-state index contributed by atoms with van der Waals surface area (Å²) in [5.74, 6) is 4.97. The Kier molecular flexibility index (Phi) is 78.6. The van der Waals surface area contributed by atoms with E-state index in [4.69, 9.17) is 37.9 Å². The Morgan fingerprint density at radius 1 is 0.219 bits per heavy atom. The lowest BCUT2D eigenvalue weighted by Crippen LogP contribution is -2.45. The lowest BCUT2D eigenvalue weighted by atomic mass is 9.86. The van der Waals surface area contributed by atoms with E-state index in [2.05, 4.69) is 90.0 Å². The molecule has 0 aromatic heterocycles. The molecule has 2 rings (SSSR count). The molecule has 0 N–H and O–H groups in total. The van der Waals surface area contributed by atoms with Crippen molar-refractivity contribution in [1.29, 1.82) is 0 Å². The van der Waals surface area contributed by atoms with Crippen LogP contribution in [0.25, 0.3) is 0 Å². The number of carbonyl (C=O) groups is 11. The predicted octanol–water partition coefficient (Wildman–Crippen LogP) is 27.9. The van der Waals surface area contributed by atoms with E-state index >= 15 is 0 Å². The van der Waals surface area contributed by atoms with E-state index in [9.17, 15) is 52.7 Å². The van der Waals surface area contributed by atoms with Crippen molar-refractivity contribution in [1.82, 2.24) is 0 Å². The molecule has 2 aliphatic rings. The molecule has 0 amide bonds. The Labute approximate surface area is 786 Å². The third-order valence-electron chi connectivity index (χ3n) is 23.6. The van der Waals surface area contributed by atoms with Crippen molar-refractivity contribution in [3.8, 4) is 0 Å². The molecule has 1 atom stereocenters. The van der Waals surface area contributed by atoms with Gasteiger partial charge in [-0.3, -0.25) is 52.7 Å². The maximum absolute atomic E-state index is 12.0. The number of Topliss-reactive ketones (excluding diaryl/α,β-unsaturated/α-hetero) is 11. The molecule has 0 radical (unpaired) electrons. The first-order chi connectivity index (χ1) is 59.7. The van der Waals surface area contributed by atoms with Crippen molar-refractivity contribution in [2.75, 3.05) is 52.9 Å². The zero-order chi connectivity index (χ0) is 98.5. The van der Waals surface area contributed by atoms with Gasteiger partial charge < -0.3 is 37.9 Å². The molecule has 0 aromatic carbocycles. The Balaban J connectivity index is -0.000000738. The number of carbonyl (C=O) groups excluding carboxylic acids is 11. The van der Waals surface area contributed by atoms with Crippen molar-refractivity contribution in [2.45, 2.75) is 507 Å². The molecule has 19 heteroatoms. The average molecular weight is 1820 g/mol. The van der Waals surface area contributed by atoms with Gasteiger partial charge in [0.15, 0.2) is 23.1 Å². The first kappa shape index (κ1) is 130. The van der Waals surface area contributed by atoms with Crippen LogP contribution in [-0.4, -0.2) is 140 Å². The number of hydrogen-bond donors (Lipinski definition) is 0. The zero-order valence-electron chi connectivity index (χ0n) is 88.7. The highest BCUT2D eigenvalue weighted by Crippen LogP contribution is 2.38. The van der Waals surface area contributed by atoms with E-state index in [0.717, 1.165) is 135 Å². The summed E-state index contributed by atoms with van der Waals surface area (Å²) >= 11 is 0. The summed E-state index contributed by atoms with van der Waals surface area (Å²) < 4.78 is 48.3. The molecule has 0 spiro atoms. The van der Waals surface area contributed by atoms with Crippen molar-refractivity contribution < 1.29 is 90.6 Å². The molecular formula is C109H204O19. The van der Waals surface area contributed by atoms with Crippen LogP contribution in [0, 0.1) is 76.4 Å². The molecule has 1 unspecified atom stereocenters. The monoisotopic (exact) mass is 1820 g/mol. The van der Waals surface area contributed by atoms with Gasteiger partial charge in [0.1, 0.15) is 63.6 Å². The maximum Gasteiger partial charge on any atom is 0.170 e. The molecule has 2 saturated carbocycles. The van der Waals surface area contributed by atoms with Crippen molar-refractivity contribution in [3.63, 3.8) is 0 Å². The first-order valence-corrected chi connectivity index (χ1v) is 51.6. The smallest absolute Gasteiger partial charge is 0.170 e. The summed E-state index contributed by atoms with van der Waals surface area (Å²) in [6.07, 6.45) is 35.3. The molecule has 19 nitrogen and oxygen atoms in total. The van der Waals surface area contributed by atoms with E-state index < -0.39 is 23.1 Å². The second kappa shape index (κ2) is 77.2. The van der Waals surface area contributed by atoms with Crippen LogP contribution in [0.2, 0.25) is 0 Å². The van der Waals surface area contributed by atoms with Crippen molar-refractivity contribution in [2.24, 2.45) is 76.4 Å². The number of ketones is 11. The van der Waals surface area contributed by atoms with E-state index in [-0.39, 0.29) is 105 Å². The molecule has 128 heavy (non-hydrogen) atoms. The molecule has 2 fully saturated rings. The van der Waals surface area contributed by atoms with E-state index in [1.807, 2.05) is 118 Å². The summed E-state index contributed by atoms with van der Waals surface area (Å²) in [4.78, 5) is 127. The molecule has 0 saturated heterocycles. The van der Waals surface area contributed by atoms with Crippen LogP contribution < -0.4 is 0 Å². The third kappa shape index (κ3) is 77.4. The Bertz CT molecular complexity index is 2850. The van der Waals surface area contributed by atoms with Gasteiger partial charge in [-0.15, -0.1) is 0 Å². The molecule has 0 bridgehead atoms. The van der Waals surface area contributed by atoms with Crippen LogP contribution >= 0.6 is 0 Å². The topological polar surface area (TPSA) is 262 Å². The van der Waals surface area contributed by atoms with Crippen molar-refractivity contribution >= 4 is 63.6 Å². The molecule has 2 aliphatic carbocycles. The van der Waals surface area contributed by atoms with Gasteiger partial charge in [0.05, 0.1) is 52.9 Å². The molecule has 0 heterocycles. The minimum atomic E-state index is -0.656. The van der Waals surface area contributed by atoms with Crippen LogP contribution in [0.3, 0.4) is 0 Å². The fraction of sp³-hybridized carbons (Fsp3) is 0.899. The number of hydrogen-bond acceptors (Lipinski definition) is 19. The maximum atomic E-state index is 12.0. The van der Waals surface area contributed by atoms with E-state index in [1.54, 1.807) is 0 Å². The van der Waals surface area contributed by atoms with Gasteiger partial charge in [-0.1, -0.05) is 200 Å². The van der Waals surface area contributed by atoms with E-state index in [0.29, 0.717) is 204 Å². The second-order valence-corrected chi connectivity index (χ2v) is 42.6.